The second-order valence-electron chi connectivity index (χ2n) is 2.85. The second kappa shape index (κ2) is 3.49. The van der Waals surface area contributed by atoms with E-state index in [-0.39, 0.29) is 5.82 Å². The van der Waals surface area contributed by atoms with Crippen LogP contribution in [0.5, 0.6) is 0 Å². The summed E-state index contributed by atoms with van der Waals surface area (Å²) in [6.45, 7) is 0. The maximum Gasteiger partial charge on any atom is 0.129 e. The van der Waals surface area contributed by atoms with Crippen LogP contribution in [0.25, 0.3) is 5.69 Å². The number of halogens is 1. The molecule has 14 heavy (non-hydrogen) atoms. The van der Waals surface area contributed by atoms with Crippen LogP contribution in [0.3, 0.4) is 0 Å². The SMILES string of the molecule is CNc1ccnn1-c1ccc(F)cc1. The van der Waals surface area contributed by atoms with Gasteiger partial charge in [0.05, 0.1) is 11.9 Å². The van der Waals surface area contributed by atoms with Crippen LogP contribution < -0.4 is 5.32 Å². The van der Waals surface area contributed by atoms with Crippen molar-refractivity contribution in [3.63, 3.8) is 0 Å². The molecule has 0 saturated heterocycles. The molecule has 2 rings (SSSR count). The molecule has 1 N–H and O–H groups in total. The van der Waals surface area contributed by atoms with Gasteiger partial charge in [-0.3, -0.25) is 0 Å². The first kappa shape index (κ1) is 8.74. The van der Waals surface area contributed by atoms with Crippen LogP contribution in [0.2, 0.25) is 0 Å². The highest BCUT2D eigenvalue weighted by Crippen LogP contribution is 2.14. The first-order valence-electron chi connectivity index (χ1n) is 4.29. The molecule has 0 aliphatic carbocycles. The lowest BCUT2D eigenvalue weighted by Gasteiger charge is -2.05. The van der Waals surface area contributed by atoms with E-state index in [1.165, 1.54) is 12.1 Å². The number of hydrogen-bond donors (Lipinski definition) is 1. The minimum atomic E-state index is -0.244. The Balaban J connectivity index is 2.44. The predicted molar refractivity (Wildman–Crippen MR) is 53.1 cm³/mol. The Kier molecular flexibility index (Phi) is 2.18. The topological polar surface area (TPSA) is 29.9 Å². The number of aromatic nitrogens is 2. The summed E-state index contributed by atoms with van der Waals surface area (Å²) < 4.78 is 14.4. The van der Waals surface area contributed by atoms with Crippen molar-refractivity contribution >= 4 is 5.82 Å². The fraction of sp³-hybridized carbons (Fsp3) is 0.100. The molecule has 0 unspecified atom stereocenters. The predicted octanol–water partition coefficient (Wildman–Crippen LogP) is 2.05. The molecule has 0 fully saturated rings. The van der Waals surface area contributed by atoms with Gasteiger partial charge in [0.25, 0.3) is 0 Å². The van der Waals surface area contributed by atoms with Gasteiger partial charge in [-0.25, -0.2) is 9.07 Å². The Bertz CT molecular complexity index is 419. The van der Waals surface area contributed by atoms with Gasteiger partial charge < -0.3 is 5.32 Å². The Morgan fingerprint density at radius 1 is 1.21 bits per heavy atom. The van der Waals surface area contributed by atoms with Crippen LogP contribution >= 0.6 is 0 Å². The summed E-state index contributed by atoms with van der Waals surface area (Å²) in [7, 11) is 1.82. The van der Waals surface area contributed by atoms with Gasteiger partial charge in [-0.05, 0) is 24.3 Å². The molecule has 0 saturated carbocycles. The zero-order valence-corrected chi connectivity index (χ0v) is 7.74. The molecule has 0 spiro atoms. The smallest absolute Gasteiger partial charge is 0.129 e. The van der Waals surface area contributed by atoms with E-state index in [4.69, 9.17) is 0 Å². The van der Waals surface area contributed by atoms with E-state index in [1.807, 2.05) is 13.1 Å². The molecule has 3 nitrogen and oxygen atoms in total. The van der Waals surface area contributed by atoms with Crippen LogP contribution in [0.1, 0.15) is 0 Å². The Morgan fingerprint density at radius 2 is 1.93 bits per heavy atom. The minimum absolute atomic E-state index is 0.244. The first-order chi connectivity index (χ1) is 6.81. The van der Waals surface area contributed by atoms with E-state index in [9.17, 15) is 4.39 Å². The number of anilines is 1. The van der Waals surface area contributed by atoms with Crippen molar-refractivity contribution in [2.24, 2.45) is 0 Å². The number of nitrogens with zero attached hydrogens (tertiary/aromatic N) is 2. The van der Waals surface area contributed by atoms with Crippen molar-refractivity contribution in [3.05, 3.63) is 42.3 Å². The van der Waals surface area contributed by atoms with Gasteiger partial charge in [0.15, 0.2) is 0 Å². The average Bonchev–Trinajstić information content (AvgIpc) is 2.67. The van der Waals surface area contributed by atoms with Crippen LogP contribution in [0, 0.1) is 5.82 Å². The third-order valence-corrected chi connectivity index (χ3v) is 1.97. The third-order valence-electron chi connectivity index (χ3n) is 1.97. The number of hydrogen-bond acceptors (Lipinski definition) is 2. The van der Waals surface area contributed by atoms with Gasteiger partial charge in [-0.2, -0.15) is 5.10 Å². The third kappa shape index (κ3) is 1.46. The number of nitrogens with one attached hydrogen (secondary N) is 1. The lowest BCUT2D eigenvalue weighted by molar-refractivity contribution is 0.627. The van der Waals surface area contributed by atoms with Crippen molar-refractivity contribution < 1.29 is 4.39 Å². The van der Waals surface area contributed by atoms with Crippen molar-refractivity contribution in [1.82, 2.24) is 9.78 Å². The van der Waals surface area contributed by atoms with Gasteiger partial charge in [0, 0.05) is 13.1 Å². The normalized spacial score (nSPS) is 10.1. The molecular weight excluding hydrogens is 181 g/mol. The highest BCUT2D eigenvalue weighted by molar-refractivity contribution is 5.43. The summed E-state index contributed by atoms with van der Waals surface area (Å²) in [4.78, 5) is 0. The van der Waals surface area contributed by atoms with Crippen molar-refractivity contribution in [2.45, 2.75) is 0 Å². The standard InChI is InChI=1S/C10H10FN3/c1-12-10-6-7-13-14(10)9-4-2-8(11)3-5-9/h2-7,12H,1H3. The van der Waals surface area contributed by atoms with E-state index < -0.39 is 0 Å². The van der Waals surface area contributed by atoms with E-state index in [0.29, 0.717) is 0 Å². The Labute approximate surface area is 81.2 Å². The highest BCUT2D eigenvalue weighted by Gasteiger charge is 2.02. The maximum absolute atomic E-state index is 12.7. The molecule has 0 aliphatic heterocycles. The van der Waals surface area contributed by atoms with Gasteiger partial charge >= 0.3 is 0 Å². The van der Waals surface area contributed by atoms with Crippen molar-refractivity contribution in [2.75, 3.05) is 12.4 Å². The monoisotopic (exact) mass is 191 g/mol. The molecular formula is C10H10FN3. The zero-order chi connectivity index (χ0) is 9.97. The van der Waals surface area contributed by atoms with Crippen molar-refractivity contribution in [1.29, 1.82) is 0 Å². The maximum atomic E-state index is 12.7. The largest absolute Gasteiger partial charge is 0.373 e. The van der Waals surface area contributed by atoms with Crippen LogP contribution in [0.15, 0.2) is 36.5 Å². The summed E-state index contributed by atoms with van der Waals surface area (Å²) in [6, 6.07) is 8.04. The molecule has 0 atom stereocenters. The fourth-order valence-corrected chi connectivity index (χ4v) is 1.28. The van der Waals surface area contributed by atoms with E-state index in [1.54, 1.807) is 23.0 Å². The van der Waals surface area contributed by atoms with Gasteiger partial charge in [-0.1, -0.05) is 0 Å². The quantitative estimate of drug-likeness (QED) is 0.787. The van der Waals surface area contributed by atoms with Crippen LogP contribution in [-0.4, -0.2) is 16.8 Å². The summed E-state index contributed by atoms with van der Waals surface area (Å²) >= 11 is 0. The summed E-state index contributed by atoms with van der Waals surface area (Å²) in [5, 5.41) is 7.11. The first-order valence-corrected chi connectivity index (χ1v) is 4.29. The van der Waals surface area contributed by atoms with Gasteiger partial charge in [0.1, 0.15) is 11.6 Å². The lowest BCUT2D eigenvalue weighted by Crippen LogP contribution is -2.01. The molecule has 0 bridgehead atoms. The number of rotatable bonds is 2. The van der Waals surface area contributed by atoms with Gasteiger partial charge in [-0.15, -0.1) is 0 Å². The summed E-state index contributed by atoms with van der Waals surface area (Å²) in [5.41, 5.74) is 0.834. The van der Waals surface area contributed by atoms with E-state index >= 15 is 0 Å². The molecule has 1 aromatic carbocycles. The molecule has 1 heterocycles. The highest BCUT2D eigenvalue weighted by atomic mass is 19.1. The van der Waals surface area contributed by atoms with Crippen molar-refractivity contribution in [3.8, 4) is 5.69 Å². The number of benzene rings is 1. The Hall–Kier alpha value is -1.84. The molecule has 1 aromatic heterocycles. The fourth-order valence-electron chi connectivity index (χ4n) is 1.28. The molecule has 72 valence electrons. The minimum Gasteiger partial charge on any atom is -0.373 e. The van der Waals surface area contributed by atoms with Gasteiger partial charge in [0.2, 0.25) is 0 Å². The molecule has 0 aliphatic rings. The summed E-state index contributed by atoms with van der Waals surface area (Å²) in [5.74, 6) is 0.628. The molecule has 0 amide bonds. The summed E-state index contributed by atoms with van der Waals surface area (Å²) in [6.07, 6.45) is 1.69. The average molecular weight is 191 g/mol. The Morgan fingerprint density at radius 3 is 2.57 bits per heavy atom. The molecule has 0 radical (unpaired) electrons. The molecule has 2 aromatic rings. The van der Waals surface area contributed by atoms with E-state index in [0.717, 1.165) is 11.5 Å². The molecule has 4 heteroatoms. The van der Waals surface area contributed by atoms with Crippen LogP contribution in [-0.2, 0) is 0 Å². The van der Waals surface area contributed by atoms with E-state index in [2.05, 4.69) is 10.4 Å². The van der Waals surface area contributed by atoms with Crippen LogP contribution in [0.4, 0.5) is 10.2 Å². The lowest BCUT2D eigenvalue weighted by atomic mass is 10.3. The zero-order valence-electron chi connectivity index (χ0n) is 7.74. The second-order valence-corrected chi connectivity index (χ2v) is 2.85.